The molecule has 0 spiro atoms. The molecular weight excluding hydrogens is 370 g/mol. The number of benzene rings is 1. The molecule has 0 fully saturated rings. The Morgan fingerprint density at radius 2 is 1.85 bits per heavy atom. The monoisotopic (exact) mass is 378 g/mol. The lowest BCUT2D eigenvalue weighted by Crippen LogP contribution is -2.33. The number of fused-ring (bicyclic) bond motifs is 3. The van der Waals surface area contributed by atoms with E-state index >= 15 is 0 Å². The highest BCUT2D eigenvalue weighted by molar-refractivity contribution is 7.16. The van der Waals surface area contributed by atoms with Gasteiger partial charge in [-0.25, -0.2) is 4.98 Å². The number of H-pyrrole nitrogens is 1. The van der Waals surface area contributed by atoms with Gasteiger partial charge in [0.15, 0.2) is 4.83 Å². The number of pyridine rings is 1. The quantitative estimate of drug-likeness (QED) is 0.496. The molecular formula is C18H9ClN5OS+. The average Bonchev–Trinajstić information content (AvgIpc) is 3.08. The molecule has 6 nitrogen and oxygen atoms in total. The number of nitrogens with one attached hydrogen (secondary N) is 1. The summed E-state index contributed by atoms with van der Waals surface area (Å²) in [5.74, 6) is 0.173. The molecule has 0 unspecified atom stereocenters. The van der Waals surface area contributed by atoms with Gasteiger partial charge in [0.25, 0.3) is 5.65 Å². The van der Waals surface area contributed by atoms with E-state index in [2.05, 4.69) is 4.98 Å². The van der Waals surface area contributed by atoms with Crippen molar-refractivity contribution in [3.8, 4) is 23.3 Å². The second-order valence-electron chi connectivity index (χ2n) is 5.56. The molecule has 0 amide bonds. The number of hydrogen-bond donors (Lipinski definition) is 2. The first-order valence-corrected chi connectivity index (χ1v) is 8.68. The standard InChI is InChI=1S/C18H8ClN5OS/c19-12-3-1-9(2-4-12)13-8-26-18-14(13)17(25)23-16-11(7-21)5-10(6-20)15(22)24(16)18/h1-5,8H,(H2,22,23,25)/p+1. The molecule has 0 aliphatic rings. The fraction of sp³-hybridized carbons (Fsp3) is 0. The van der Waals surface area contributed by atoms with Gasteiger partial charge in [0.1, 0.15) is 28.7 Å². The molecule has 3 N–H and O–H groups in total. The van der Waals surface area contributed by atoms with Gasteiger partial charge < -0.3 is 5.73 Å². The number of rotatable bonds is 1. The molecule has 1 aromatic carbocycles. The van der Waals surface area contributed by atoms with E-state index in [-0.39, 0.29) is 28.2 Å². The van der Waals surface area contributed by atoms with Crippen molar-refractivity contribution >= 4 is 44.6 Å². The van der Waals surface area contributed by atoms with Gasteiger partial charge in [-0.1, -0.05) is 23.7 Å². The Balaban J connectivity index is 2.19. The van der Waals surface area contributed by atoms with Gasteiger partial charge >= 0.3 is 5.56 Å². The predicted octanol–water partition coefficient (Wildman–Crippen LogP) is 2.97. The van der Waals surface area contributed by atoms with Crippen LogP contribution in [0.25, 0.3) is 27.0 Å². The molecule has 0 atom stereocenters. The number of hydrogen-bond acceptors (Lipinski definition) is 5. The first-order chi connectivity index (χ1) is 12.5. The summed E-state index contributed by atoms with van der Waals surface area (Å²) < 4.78 is 1.55. The number of halogens is 1. The van der Waals surface area contributed by atoms with Crippen LogP contribution in [-0.4, -0.2) is 4.98 Å². The van der Waals surface area contributed by atoms with Gasteiger partial charge in [0.2, 0.25) is 5.82 Å². The third-order valence-electron chi connectivity index (χ3n) is 4.11. The van der Waals surface area contributed by atoms with E-state index in [1.54, 1.807) is 16.5 Å². The van der Waals surface area contributed by atoms with Gasteiger partial charge in [-0.2, -0.15) is 14.9 Å². The second-order valence-corrected chi connectivity index (χ2v) is 6.85. The number of thiophene rings is 1. The fourth-order valence-electron chi connectivity index (χ4n) is 2.90. The Morgan fingerprint density at radius 1 is 1.15 bits per heavy atom. The minimum Gasteiger partial charge on any atom is -0.317 e. The number of anilines is 1. The van der Waals surface area contributed by atoms with Crippen LogP contribution in [0.2, 0.25) is 5.02 Å². The summed E-state index contributed by atoms with van der Waals surface area (Å²) in [6.45, 7) is 0. The number of aromatic nitrogens is 2. The normalized spacial score (nSPS) is 10.7. The van der Waals surface area contributed by atoms with Crippen molar-refractivity contribution in [3.05, 3.63) is 62.2 Å². The molecule has 0 aliphatic heterocycles. The van der Waals surface area contributed by atoms with E-state index in [0.717, 1.165) is 11.1 Å². The lowest BCUT2D eigenvalue weighted by molar-refractivity contribution is -0.465. The van der Waals surface area contributed by atoms with Gasteiger partial charge in [-0.3, -0.25) is 4.79 Å². The van der Waals surface area contributed by atoms with Crippen LogP contribution in [0.1, 0.15) is 11.1 Å². The summed E-state index contributed by atoms with van der Waals surface area (Å²) in [6.07, 6.45) is 0. The van der Waals surface area contributed by atoms with Gasteiger partial charge in [0.05, 0.1) is 0 Å². The van der Waals surface area contributed by atoms with Crippen LogP contribution in [0.4, 0.5) is 5.82 Å². The van der Waals surface area contributed by atoms with Crippen molar-refractivity contribution in [1.29, 1.82) is 10.5 Å². The first kappa shape index (κ1) is 16.1. The molecule has 0 saturated carbocycles. The molecule has 0 bridgehead atoms. The van der Waals surface area contributed by atoms with Gasteiger partial charge in [0, 0.05) is 16.0 Å². The molecule has 4 aromatic rings. The summed E-state index contributed by atoms with van der Waals surface area (Å²) in [5, 5.41) is 21.6. The minimum atomic E-state index is -0.327. The number of nitriles is 2. The maximum Gasteiger partial charge on any atom is 0.316 e. The number of aromatic amines is 1. The second kappa shape index (κ2) is 5.85. The molecule has 0 saturated heterocycles. The van der Waals surface area contributed by atoms with Crippen LogP contribution < -0.4 is 15.7 Å². The van der Waals surface area contributed by atoms with Crippen LogP contribution in [0, 0.1) is 22.7 Å². The Labute approximate surface area is 155 Å². The number of nitrogen functional groups attached to an aromatic ring is 1. The average molecular weight is 379 g/mol. The van der Waals surface area contributed by atoms with Gasteiger partial charge in [-0.05, 0) is 23.8 Å². The minimum absolute atomic E-state index is 0.173. The van der Waals surface area contributed by atoms with E-state index in [9.17, 15) is 15.3 Å². The smallest absolute Gasteiger partial charge is 0.316 e. The highest BCUT2D eigenvalue weighted by atomic mass is 35.5. The highest BCUT2D eigenvalue weighted by Gasteiger charge is 2.23. The van der Waals surface area contributed by atoms with E-state index in [0.29, 0.717) is 15.2 Å². The zero-order valence-corrected chi connectivity index (χ0v) is 14.6. The Morgan fingerprint density at radius 3 is 2.50 bits per heavy atom. The third-order valence-corrected chi connectivity index (χ3v) is 5.33. The van der Waals surface area contributed by atoms with E-state index in [1.807, 2.05) is 29.7 Å². The number of nitrogens with two attached hydrogens (primary N) is 1. The summed E-state index contributed by atoms with van der Waals surface area (Å²) in [5.41, 5.74) is 8.00. The lowest BCUT2D eigenvalue weighted by atomic mass is 10.1. The summed E-state index contributed by atoms with van der Waals surface area (Å²) in [7, 11) is 0. The predicted molar refractivity (Wildman–Crippen MR) is 99.9 cm³/mol. The maximum absolute atomic E-state index is 12.7. The van der Waals surface area contributed by atoms with E-state index in [4.69, 9.17) is 17.3 Å². The van der Waals surface area contributed by atoms with Crippen LogP contribution in [0.15, 0.2) is 40.5 Å². The van der Waals surface area contributed by atoms with Crippen LogP contribution >= 0.6 is 22.9 Å². The lowest BCUT2D eigenvalue weighted by Gasteiger charge is -2.04. The third kappa shape index (κ3) is 2.23. The largest absolute Gasteiger partial charge is 0.317 e. The molecule has 124 valence electrons. The van der Waals surface area contributed by atoms with Crippen molar-refractivity contribution in [2.75, 3.05) is 5.73 Å². The summed E-state index contributed by atoms with van der Waals surface area (Å²) in [4.78, 5) is 16.0. The highest BCUT2D eigenvalue weighted by Crippen LogP contribution is 2.31. The van der Waals surface area contributed by atoms with Crippen LogP contribution in [0.5, 0.6) is 0 Å². The molecule has 0 radical (unpaired) electrons. The van der Waals surface area contributed by atoms with Crippen molar-refractivity contribution < 1.29 is 4.40 Å². The van der Waals surface area contributed by atoms with Crippen molar-refractivity contribution in [2.45, 2.75) is 0 Å². The topological polar surface area (TPSA) is 111 Å². The zero-order valence-electron chi connectivity index (χ0n) is 13.1. The fourth-order valence-corrected chi connectivity index (χ4v) is 4.13. The molecule has 3 heterocycles. The SMILES string of the molecule is N#Cc1cc(C#N)c2[nH]c(=O)c3c(-c4ccc(Cl)cc4)csc3[n+]2c1N. The first-order valence-electron chi connectivity index (χ1n) is 7.43. The Kier molecular flexibility index (Phi) is 3.62. The molecule has 26 heavy (non-hydrogen) atoms. The van der Waals surface area contributed by atoms with Crippen molar-refractivity contribution in [2.24, 2.45) is 0 Å². The Bertz CT molecular complexity index is 1340. The van der Waals surface area contributed by atoms with Crippen LogP contribution in [0.3, 0.4) is 0 Å². The van der Waals surface area contributed by atoms with E-state index in [1.165, 1.54) is 17.4 Å². The zero-order chi connectivity index (χ0) is 18.4. The number of nitrogens with zero attached hydrogens (tertiary/aromatic N) is 3. The Hall–Kier alpha value is -3.39. The molecule has 8 heteroatoms. The summed E-state index contributed by atoms with van der Waals surface area (Å²) >= 11 is 7.26. The van der Waals surface area contributed by atoms with E-state index < -0.39 is 0 Å². The molecule has 4 rings (SSSR count). The maximum atomic E-state index is 12.7. The van der Waals surface area contributed by atoms with Crippen molar-refractivity contribution in [3.63, 3.8) is 0 Å². The molecule has 3 aromatic heterocycles. The van der Waals surface area contributed by atoms with Gasteiger partial charge in [-0.15, -0.1) is 11.3 Å². The molecule has 0 aliphatic carbocycles. The van der Waals surface area contributed by atoms with Crippen LogP contribution in [-0.2, 0) is 0 Å². The van der Waals surface area contributed by atoms with Crippen molar-refractivity contribution in [1.82, 2.24) is 4.98 Å². The summed E-state index contributed by atoms with van der Waals surface area (Å²) in [6, 6.07) is 12.5.